The number of rotatable bonds is 4. The van der Waals surface area contributed by atoms with Gasteiger partial charge in [0, 0.05) is 6.54 Å². The van der Waals surface area contributed by atoms with Crippen LogP contribution in [0.5, 0.6) is 5.75 Å². The van der Waals surface area contributed by atoms with Crippen LogP contribution in [0, 0.1) is 0 Å². The molecule has 1 aliphatic heterocycles. The Balaban J connectivity index is 1.95. The molecule has 0 saturated carbocycles. The van der Waals surface area contributed by atoms with Crippen molar-refractivity contribution < 1.29 is 19.4 Å². The number of para-hydroxylation sites is 1. The number of carbonyl (C=O) groups is 2. The monoisotopic (exact) mass is 327 g/mol. The zero-order valence-corrected chi connectivity index (χ0v) is 11.8. The van der Waals surface area contributed by atoms with Crippen LogP contribution in [0.4, 0.5) is 0 Å². The molecular weight excluding hydrogens is 314 g/mol. The number of benzene rings is 1. The van der Waals surface area contributed by atoms with Crippen molar-refractivity contribution in [2.24, 2.45) is 0 Å². The van der Waals surface area contributed by atoms with E-state index >= 15 is 0 Å². The van der Waals surface area contributed by atoms with E-state index in [-0.39, 0.29) is 12.5 Å². The summed E-state index contributed by atoms with van der Waals surface area (Å²) in [6, 6.07) is 6.50. The van der Waals surface area contributed by atoms with Gasteiger partial charge in [-0.3, -0.25) is 4.79 Å². The standard InChI is InChI=1S/C13H14BrNO4/c14-9-4-1-2-6-11(9)19-8-12(16)15-7-3-5-10(15)13(17)18/h1-2,4,6,10H,3,5,7-8H2,(H,17,18). The van der Waals surface area contributed by atoms with E-state index in [2.05, 4.69) is 15.9 Å². The molecule has 1 aromatic rings. The summed E-state index contributed by atoms with van der Waals surface area (Å²) in [7, 11) is 0. The van der Waals surface area contributed by atoms with E-state index in [1.807, 2.05) is 12.1 Å². The van der Waals surface area contributed by atoms with Gasteiger partial charge in [-0.05, 0) is 40.9 Å². The van der Waals surface area contributed by atoms with E-state index in [9.17, 15) is 9.59 Å². The highest BCUT2D eigenvalue weighted by Crippen LogP contribution is 2.24. The summed E-state index contributed by atoms with van der Waals surface area (Å²) in [6.07, 6.45) is 1.23. The van der Waals surface area contributed by atoms with Gasteiger partial charge in [-0.15, -0.1) is 0 Å². The Bertz CT molecular complexity index is 491. The molecule has 1 amide bonds. The van der Waals surface area contributed by atoms with E-state index in [0.29, 0.717) is 18.7 Å². The maximum atomic E-state index is 12.0. The normalized spacial score (nSPS) is 18.4. The third-order valence-electron chi connectivity index (χ3n) is 3.05. The van der Waals surface area contributed by atoms with Crippen LogP contribution in [0.1, 0.15) is 12.8 Å². The molecule has 1 N–H and O–H groups in total. The number of amides is 1. The zero-order valence-electron chi connectivity index (χ0n) is 10.2. The molecular formula is C13H14BrNO4. The van der Waals surface area contributed by atoms with Crippen LogP contribution >= 0.6 is 15.9 Å². The lowest BCUT2D eigenvalue weighted by atomic mass is 10.2. The number of carboxylic acids is 1. The van der Waals surface area contributed by atoms with Crippen molar-refractivity contribution in [3.8, 4) is 5.75 Å². The van der Waals surface area contributed by atoms with Crippen LogP contribution in [0.15, 0.2) is 28.7 Å². The number of ether oxygens (including phenoxy) is 1. The van der Waals surface area contributed by atoms with E-state index in [0.717, 1.165) is 10.9 Å². The fourth-order valence-corrected chi connectivity index (χ4v) is 2.51. The second kappa shape index (κ2) is 6.06. The van der Waals surface area contributed by atoms with Gasteiger partial charge in [-0.25, -0.2) is 4.79 Å². The lowest BCUT2D eigenvalue weighted by Crippen LogP contribution is -2.42. The van der Waals surface area contributed by atoms with Crippen LogP contribution in [-0.4, -0.2) is 41.1 Å². The molecule has 5 nitrogen and oxygen atoms in total. The first-order valence-electron chi connectivity index (χ1n) is 5.99. The van der Waals surface area contributed by atoms with Gasteiger partial charge in [0.05, 0.1) is 4.47 Å². The number of hydrogen-bond acceptors (Lipinski definition) is 3. The Morgan fingerprint density at radius 1 is 1.42 bits per heavy atom. The number of halogens is 1. The van der Waals surface area contributed by atoms with Crippen LogP contribution in [0.25, 0.3) is 0 Å². The molecule has 19 heavy (non-hydrogen) atoms. The molecule has 1 unspecified atom stereocenters. The summed E-state index contributed by atoms with van der Waals surface area (Å²) in [5.41, 5.74) is 0. The number of carboxylic acid groups (broad SMARTS) is 1. The van der Waals surface area contributed by atoms with Gasteiger partial charge in [-0.1, -0.05) is 12.1 Å². The fourth-order valence-electron chi connectivity index (χ4n) is 2.11. The molecule has 2 rings (SSSR count). The minimum Gasteiger partial charge on any atom is -0.483 e. The summed E-state index contributed by atoms with van der Waals surface area (Å²) in [5.74, 6) is -0.672. The number of nitrogens with zero attached hydrogens (tertiary/aromatic N) is 1. The molecule has 0 radical (unpaired) electrons. The Morgan fingerprint density at radius 3 is 2.84 bits per heavy atom. The van der Waals surface area contributed by atoms with Crippen molar-refractivity contribution >= 4 is 27.8 Å². The third-order valence-corrected chi connectivity index (χ3v) is 3.70. The predicted molar refractivity (Wildman–Crippen MR) is 72.0 cm³/mol. The highest BCUT2D eigenvalue weighted by molar-refractivity contribution is 9.10. The second-order valence-corrected chi connectivity index (χ2v) is 5.16. The summed E-state index contributed by atoms with van der Waals surface area (Å²) in [4.78, 5) is 24.3. The van der Waals surface area contributed by atoms with Crippen LogP contribution < -0.4 is 4.74 Å². The molecule has 0 aromatic heterocycles. The minimum absolute atomic E-state index is 0.146. The summed E-state index contributed by atoms with van der Waals surface area (Å²) in [6.45, 7) is 0.335. The largest absolute Gasteiger partial charge is 0.483 e. The van der Waals surface area contributed by atoms with Gasteiger partial charge in [0.2, 0.25) is 0 Å². The van der Waals surface area contributed by atoms with E-state index in [4.69, 9.17) is 9.84 Å². The van der Waals surface area contributed by atoms with Gasteiger partial charge >= 0.3 is 5.97 Å². The quantitative estimate of drug-likeness (QED) is 0.917. The van der Waals surface area contributed by atoms with Crippen LogP contribution in [0.2, 0.25) is 0 Å². The average molecular weight is 328 g/mol. The predicted octanol–water partition coefficient (Wildman–Crippen LogP) is 1.90. The number of likely N-dealkylation sites (tertiary alicyclic amines) is 1. The average Bonchev–Trinajstić information content (AvgIpc) is 2.87. The van der Waals surface area contributed by atoms with Gasteiger partial charge in [0.1, 0.15) is 11.8 Å². The first-order chi connectivity index (χ1) is 9.09. The van der Waals surface area contributed by atoms with Crippen molar-refractivity contribution in [3.05, 3.63) is 28.7 Å². The van der Waals surface area contributed by atoms with Gasteiger partial charge in [-0.2, -0.15) is 0 Å². The Morgan fingerprint density at radius 2 is 2.16 bits per heavy atom. The number of carbonyl (C=O) groups excluding carboxylic acids is 1. The lowest BCUT2D eigenvalue weighted by Gasteiger charge is -2.21. The summed E-state index contributed by atoms with van der Waals surface area (Å²) >= 11 is 3.32. The molecule has 6 heteroatoms. The first-order valence-corrected chi connectivity index (χ1v) is 6.78. The highest BCUT2D eigenvalue weighted by atomic mass is 79.9. The fraction of sp³-hybridized carbons (Fsp3) is 0.385. The Labute approximate surface area is 119 Å². The molecule has 102 valence electrons. The molecule has 0 spiro atoms. The molecule has 0 aliphatic carbocycles. The van der Waals surface area contributed by atoms with Crippen molar-refractivity contribution in [2.45, 2.75) is 18.9 Å². The van der Waals surface area contributed by atoms with Crippen molar-refractivity contribution in [1.82, 2.24) is 4.90 Å². The lowest BCUT2D eigenvalue weighted by molar-refractivity contribution is -0.148. The molecule has 1 fully saturated rings. The summed E-state index contributed by atoms with van der Waals surface area (Å²) in [5, 5.41) is 9.02. The number of aliphatic carboxylic acids is 1. The first kappa shape index (κ1) is 13.9. The van der Waals surface area contributed by atoms with Crippen LogP contribution in [-0.2, 0) is 9.59 Å². The topological polar surface area (TPSA) is 66.8 Å². The molecule has 1 aromatic carbocycles. The summed E-state index contributed by atoms with van der Waals surface area (Å²) < 4.78 is 6.17. The zero-order chi connectivity index (χ0) is 13.8. The Kier molecular flexibility index (Phi) is 4.42. The van der Waals surface area contributed by atoms with Gasteiger partial charge in [0.15, 0.2) is 6.61 Å². The maximum Gasteiger partial charge on any atom is 0.326 e. The van der Waals surface area contributed by atoms with E-state index < -0.39 is 12.0 Å². The molecule has 0 bridgehead atoms. The Hall–Kier alpha value is -1.56. The van der Waals surface area contributed by atoms with E-state index in [1.165, 1.54) is 4.90 Å². The molecule has 1 saturated heterocycles. The maximum absolute atomic E-state index is 12.0. The van der Waals surface area contributed by atoms with Crippen LogP contribution in [0.3, 0.4) is 0 Å². The van der Waals surface area contributed by atoms with Gasteiger partial charge < -0.3 is 14.7 Å². The molecule has 1 aliphatic rings. The smallest absolute Gasteiger partial charge is 0.326 e. The van der Waals surface area contributed by atoms with Crippen molar-refractivity contribution in [2.75, 3.05) is 13.2 Å². The SMILES string of the molecule is O=C(O)C1CCCN1C(=O)COc1ccccc1Br. The number of hydrogen-bond donors (Lipinski definition) is 1. The van der Waals surface area contributed by atoms with Crippen molar-refractivity contribution in [1.29, 1.82) is 0 Å². The molecule has 1 heterocycles. The van der Waals surface area contributed by atoms with Gasteiger partial charge in [0.25, 0.3) is 5.91 Å². The molecule has 1 atom stereocenters. The second-order valence-electron chi connectivity index (χ2n) is 4.30. The minimum atomic E-state index is -0.952. The highest BCUT2D eigenvalue weighted by Gasteiger charge is 2.33. The third kappa shape index (κ3) is 3.26. The van der Waals surface area contributed by atoms with Crippen molar-refractivity contribution in [3.63, 3.8) is 0 Å². The van der Waals surface area contributed by atoms with E-state index in [1.54, 1.807) is 12.1 Å².